The zero-order valence-electron chi connectivity index (χ0n) is 16.0. The summed E-state index contributed by atoms with van der Waals surface area (Å²) in [5.74, 6) is -0.0425. The van der Waals surface area contributed by atoms with Crippen molar-refractivity contribution < 1.29 is 14.3 Å². The van der Waals surface area contributed by atoms with Gasteiger partial charge in [-0.3, -0.25) is 4.79 Å². The summed E-state index contributed by atoms with van der Waals surface area (Å²) in [5.41, 5.74) is 1.89. The number of hydrogen-bond acceptors (Lipinski definition) is 6. The van der Waals surface area contributed by atoms with Crippen LogP contribution in [0.1, 0.15) is 22.5 Å². The van der Waals surface area contributed by atoms with E-state index >= 15 is 0 Å². The molecule has 1 fully saturated rings. The molecule has 4 rings (SSSR count). The molecule has 3 aromatic rings. The number of nitrogens with one attached hydrogen (secondary N) is 1. The molecule has 0 bridgehead atoms. The summed E-state index contributed by atoms with van der Waals surface area (Å²) in [6.45, 7) is 1.74. The molecule has 0 radical (unpaired) electrons. The molecule has 150 valence electrons. The normalized spacial score (nSPS) is 13.1. The summed E-state index contributed by atoms with van der Waals surface area (Å²) < 4.78 is 6.70. The quantitative estimate of drug-likeness (QED) is 0.672. The molecular formula is C19H21N7O3. The Kier molecular flexibility index (Phi) is 5.23. The largest absolute Gasteiger partial charge is 0.413 e. The van der Waals surface area contributed by atoms with Gasteiger partial charge in [-0.05, 0) is 18.6 Å². The molecule has 0 atom stereocenters. The number of rotatable bonds is 6. The third-order valence-electron chi connectivity index (χ3n) is 4.62. The van der Waals surface area contributed by atoms with Gasteiger partial charge in [0.2, 0.25) is 5.88 Å². The molecule has 0 saturated carbocycles. The van der Waals surface area contributed by atoms with Gasteiger partial charge in [0, 0.05) is 33.1 Å². The van der Waals surface area contributed by atoms with Gasteiger partial charge in [-0.25, -0.2) is 9.48 Å². The van der Waals surface area contributed by atoms with Gasteiger partial charge in [-0.15, -0.1) is 0 Å². The fourth-order valence-corrected chi connectivity index (χ4v) is 2.90. The lowest BCUT2D eigenvalue weighted by Gasteiger charge is -2.30. The first-order chi connectivity index (χ1) is 14.1. The molecule has 0 spiro atoms. The van der Waals surface area contributed by atoms with Crippen molar-refractivity contribution in [3.63, 3.8) is 0 Å². The van der Waals surface area contributed by atoms with Gasteiger partial charge < -0.3 is 15.0 Å². The van der Waals surface area contributed by atoms with Gasteiger partial charge in [0.1, 0.15) is 5.56 Å². The first kappa shape index (κ1) is 18.7. The number of carbonyl (C=O) groups is 2. The highest BCUT2D eigenvalue weighted by molar-refractivity contribution is 5.97. The van der Waals surface area contributed by atoms with E-state index in [1.807, 2.05) is 30.3 Å². The summed E-state index contributed by atoms with van der Waals surface area (Å²) in [7, 11) is 1.62. The predicted molar refractivity (Wildman–Crippen MR) is 103 cm³/mol. The number of benzene rings is 1. The lowest BCUT2D eigenvalue weighted by Crippen LogP contribution is -2.42. The lowest BCUT2D eigenvalue weighted by atomic mass is 10.2. The van der Waals surface area contributed by atoms with Crippen molar-refractivity contribution in [1.29, 1.82) is 0 Å². The topological polar surface area (TPSA) is 107 Å². The molecule has 1 N–H and O–H groups in total. The maximum atomic E-state index is 12.4. The molecule has 10 nitrogen and oxygen atoms in total. The second-order valence-corrected chi connectivity index (χ2v) is 6.66. The molecule has 3 heterocycles. The lowest BCUT2D eigenvalue weighted by molar-refractivity contribution is 0.0648. The van der Waals surface area contributed by atoms with E-state index in [9.17, 15) is 9.59 Å². The first-order valence-corrected chi connectivity index (χ1v) is 9.35. The molecule has 1 aromatic carbocycles. The Bertz CT molecular complexity index is 1010. The number of para-hydroxylation sites is 1. The summed E-state index contributed by atoms with van der Waals surface area (Å²) in [4.78, 5) is 27.8. The number of carbonyl (C=O) groups excluding carboxylic acids is 2. The number of ether oxygens (including phenoxy) is 1. The Morgan fingerprint density at radius 2 is 1.93 bits per heavy atom. The van der Waals surface area contributed by atoms with Crippen LogP contribution in [-0.2, 0) is 13.5 Å². The molecule has 1 aliphatic rings. The van der Waals surface area contributed by atoms with Crippen LogP contribution >= 0.6 is 0 Å². The molecular weight excluding hydrogens is 374 g/mol. The number of nitrogens with zero attached hydrogens (tertiary/aromatic N) is 6. The molecule has 29 heavy (non-hydrogen) atoms. The highest BCUT2D eigenvalue weighted by Crippen LogP contribution is 2.21. The maximum Gasteiger partial charge on any atom is 0.413 e. The SMILES string of the molecule is Cn1ncc(C(=O)N2CCC2)c1OC(=O)NCCc1cnn(-c2ccccc2)n1. The van der Waals surface area contributed by atoms with Crippen LogP contribution < -0.4 is 10.1 Å². The van der Waals surface area contributed by atoms with E-state index < -0.39 is 6.09 Å². The predicted octanol–water partition coefficient (Wildman–Crippen LogP) is 1.18. The monoisotopic (exact) mass is 395 g/mol. The summed E-state index contributed by atoms with van der Waals surface area (Å²) in [6.07, 6.45) is 3.90. The van der Waals surface area contributed by atoms with E-state index in [1.165, 1.54) is 15.7 Å². The van der Waals surface area contributed by atoms with Crippen LogP contribution in [0.25, 0.3) is 5.69 Å². The number of aromatic nitrogens is 5. The molecule has 10 heteroatoms. The van der Waals surface area contributed by atoms with Crippen molar-refractivity contribution in [1.82, 2.24) is 35.0 Å². The van der Waals surface area contributed by atoms with E-state index in [0.717, 1.165) is 17.8 Å². The number of amides is 2. The summed E-state index contributed by atoms with van der Waals surface area (Å²) >= 11 is 0. The highest BCUT2D eigenvalue weighted by Gasteiger charge is 2.27. The fraction of sp³-hybridized carbons (Fsp3) is 0.316. The van der Waals surface area contributed by atoms with Crippen molar-refractivity contribution in [2.75, 3.05) is 19.6 Å². The molecule has 1 saturated heterocycles. The van der Waals surface area contributed by atoms with Gasteiger partial charge in [-0.2, -0.15) is 20.1 Å². The fourth-order valence-electron chi connectivity index (χ4n) is 2.90. The molecule has 2 amide bonds. The van der Waals surface area contributed by atoms with E-state index in [0.29, 0.717) is 26.1 Å². The number of likely N-dealkylation sites (tertiary alicyclic amines) is 1. The van der Waals surface area contributed by atoms with Crippen LogP contribution in [-0.4, -0.2) is 61.3 Å². The first-order valence-electron chi connectivity index (χ1n) is 9.35. The Morgan fingerprint density at radius 3 is 2.66 bits per heavy atom. The van der Waals surface area contributed by atoms with Crippen LogP contribution in [0.2, 0.25) is 0 Å². The van der Waals surface area contributed by atoms with Crippen LogP contribution in [0, 0.1) is 0 Å². The van der Waals surface area contributed by atoms with Crippen molar-refractivity contribution in [2.45, 2.75) is 12.8 Å². The minimum atomic E-state index is -0.651. The van der Waals surface area contributed by atoms with Crippen molar-refractivity contribution >= 4 is 12.0 Å². The van der Waals surface area contributed by atoms with E-state index in [1.54, 1.807) is 18.1 Å². The van der Waals surface area contributed by atoms with Crippen LogP contribution in [0.5, 0.6) is 5.88 Å². The van der Waals surface area contributed by atoms with Crippen molar-refractivity contribution in [3.05, 3.63) is 54.0 Å². The molecule has 0 unspecified atom stereocenters. The average Bonchev–Trinajstić information content (AvgIpc) is 3.29. The zero-order valence-corrected chi connectivity index (χ0v) is 16.0. The van der Waals surface area contributed by atoms with E-state index in [-0.39, 0.29) is 17.4 Å². The minimum Gasteiger partial charge on any atom is -0.391 e. The van der Waals surface area contributed by atoms with Crippen molar-refractivity contribution in [3.8, 4) is 11.6 Å². The Labute approximate surface area is 167 Å². The zero-order chi connectivity index (χ0) is 20.2. The van der Waals surface area contributed by atoms with Gasteiger partial charge in [0.05, 0.1) is 23.8 Å². The summed E-state index contributed by atoms with van der Waals surface area (Å²) in [5, 5.41) is 15.3. The summed E-state index contributed by atoms with van der Waals surface area (Å²) in [6, 6.07) is 9.57. The highest BCUT2D eigenvalue weighted by atomic mass is 16.6. The minimum absolute atomic E-state index is 0.134. The average molecular weight is 395 g/mol. The van der Waals surface area contributed by atoms with Crippen LogP contribution in [0.15, 0.2) is 42.7 Å². The number of hydrogen-bond donors (Lipinski definition) is 1. The van der Waals surface area contributed by atoms with Crippen molar-refractivity contribution in [2.24, 2.45) is 7.05 Å². The molecule has 2 aromatic heterocycles. The third-order valence-corrected chi connectivity index (χ3v) is 4.62. The van der Waals surface area contributed by atoms with Gasteiger partial charge in [0.15, 0.2) is 0 Å². The van der Waals surface area contributed by atoms with E-state index in [4.69, 9.17) is 4.74 Å². The van der Waals surface area contributed by atoms with Crippen LogP contribution in [0.3, 0.4) is 0 Å². The van der Waals surface area contributed by atoms with E-state index in [2.05, 4.69) is 20.6 Å². The molecule has 1 aliphatic heterocycles. The maximum absolute atomic E-state index is 12.4. The van der Waals surface area contributed by atoms with Gasteiger partial charge in [0.25, 0.3) is 5.91 Å². The van der Waals surface area contributed by atoms with Gasteiger partial charge in [-0.1, -0.05) is 18.2 Å². The van der Waals surface area contributed by atoms with Crippen LogP contribution in [0.4, 0.5) is 4.79 Å². The Hall–Kier alpha value is -3.69. The Balaban J connectivity index is 1.30. The standard InChI is InChI=1S/C19H21N7O3/c1-24-18(16(13-21-24)17(27)25-10-5-11-25)29-19(28)20-9-8-14-12-22-26(23-14)15-6-3-2-4-7-15/h2-4,6-7,12-13H,5,8-11H2,1H3,(H,20,28). The smallest absolute Gasteiger partial charge is 0.391 e. The second kappa shape index (κ2) is 8.13. The van der Waals surface area contributed by atoms with Gasteiger partial charge >= 0.3 is 6.09 Å². The number of aryl methyl sites for hydroxylation is 1. The third kappa shape index (κ3) is 4.10. The molecule has 0 aliphatic carbocycles. The second-order valence-electron chi connectivity index (χ2n) is 6.66. The Morgan fingerprint density at radius 1 is 1.14 bits per heavy atom.